The minimum atomic E-state index is -0.121. The third kappa shape index (κ3) is 2.94. The maximum atomic E-state index is 12.5. The van der Waals surface area contributed by atoms with Gasteiger partial charge in [0.15, 0.2) is 0 Å². The molecule has 0 spiro atoms. The van der Waals surface area contributed by atoms with Crippen LogP contribution < -0.4 is 5.32 Å². The Morgan fingerprint density at radius 2 is 2.33 bits per heavy atom. The summed E-state index contributed by atoms with van der Waals surface area (Å²) in [7, 11) is 0. The van der Waals surface area contributed by atoms with Gasteiger partial charge in [0.25, 0.3) is 5.91 Å². The number of nitrogens with zero attached hydrogens (tertiary/aromatic N) is 2. The standard InChI is InChI=1S/C15H16ClN3O2/c1-10-9-17-5-6-19(10)15(20)14-8-13(18-21-14)11-3-2-4-12(16)7-11/h2-4,7-8,10,17H,5-6,9H2,1H3/t10-/m0/s1. The summed E-state index contributed by atoms with van der Waals surface area (Å²) < 4.78 is 5.22. The molecule has 1 amide bonds. The highest BCUT2D eigenvalue weighted by Gasteiger charge is 2.27. The molecule has 21 heavy (non-hydrogen) atoms. The van der Waals surface area contributed by atoms with Gasteiger partial charge in [0.2, 0.25) is 5.76 Å². The Kier molecular flexibility index (Phi) is 3.94. The zero-order valence-electron chi connectivity index (χ0n) is 11.7. The fraction of sp³-hybridized carbons (Fsp3) is 0.333. The number of hydrogen-bond acceptors (Lipinski definition) is 4. The number of rotatable bonds is 2. The normalized spacial score (nSPS) is 18.8. The zero-order chi connectivity index (χ0) is 14.8. The fourth-order valence-electron chi connectivity index (χ4n) is 2.44. The van der Waals surface area contributed by atoms with Crippen LogP contribution in [-0.2, 0) is 0 Å². The van der Waals surface area contributed by atoms with E-state index in [-0.39, 0.29) is 17.7 Å². The van der Waals surface area contributed by atoms with Gasteiger partial charge in [-0.15, -0.1) is 0 Å². The minimum Gasteiger partial charge on any atom is -0.350 e. The van der Waals surface area contributed by atoms with Crippen molar-refractivity contribution in [3.05, 3.63) is 41.1 Å². The first-order valence-electron chi connectivity index (χ1n) is 6.89. The Morgan fingerprint density at radius 3 is 3.10 bits per heavy atom. The van der Waals surface area contributed by atoms with Crippen LogP contribution in [0.25, 0.3) is 11.3 Å². The van der Waals surface area contributed by atoms with Crippen LogP contribution in [0.1, 0.15) is 17.5 Å². The summed E-state index contributed by atoms with van der Waals surface area (Å²) in [6.45, 7) is 4.28. The average molecular weight is 306 g/mol. The van der Waals surface area contributed by atoms with Gasteiger partial charge in [0, 0.05) is 42.3 Å². The predicted molar refractivity (Wildman–Crippen MR) is 80.3 cm³/mol. The highest BCUT2D eigenvalue weighted by molar-refractivity contribution is 6.30. The summed E-state index contributed by atoms with van der Waals surface area (Å²) in [6.07, 6.45) is 0. The first kappa shape index (κ1) is 14.1. The molecule has 110 valence electrons. The van der Waals surface area contributed by atoms with Crippen molar-refractivity contribution >= 4 is 17.5 Å². The van der Waals surface area contributed by atoms with Crippen molar-refractivity contribution in [2.45, 2.75) is 13.0 Å². The summed E-state index contributed by atoms with van der Waals surface area (Å²) in [4.78, 5) is 14.3. The van der Waals surface area contributed by atoms with Crippen LogP contribution in [0.2, 0.25) is 5.02 Å². The Hall–Kier alpha value is -1.85. The molecule has 1 aliphatic rings. The van der Waals surface area contributed by atoms with Crippen molar-refractivity contribution in [2.75, 3.05) is 19.6 Å². The molecule has 5 nitrogen and oxygen atoms in total. The lowest BCUT2D eigenvalue weighted by Gasteiger charge is -2.33. The van der Waals surface area contributed by atoms with Gasteiger partial charge in [-0.3, -0.25) is 4.79 Å². The molecule has 1 N–H and O–H groups in total. The molecule has 0 unspecified atom stereocenters. The third-order valence-electron chi connectivity index (χ3n) is 3.60. The van der Waals surface area contributed by atoms with Crippen molar-refractivity contribution in [1.29, 1.82) is 0 Å². The van der Waals surface area contributed by atoms with E-state index in [1.807, 2.05) is 19.1 Å². The second kappa shape index (κ2) is 5.87. The molecule has 1 aromatic carbocycles. The lowest BCUT2D eigenvalue weighted by atomic mass is 10.1. The first-order valence-corrected chi connectivity index (χ1v) is 7.27. The van der Waals surface area contributed by atoms with Crippen LogP contribution in [0.3, 0.4) is 0 Å². The van der Waals surface area contributed by atoms with Crippen molar-refractivity contribution in [2.24, 2.45) is 0 Å². The van der Waals surface area contributed by atoms with E-state index in [1.165, 1.54) is 0 Å². The molecule has 1 aromatic heterocycles. The summed E-state index contributed by atoms with van der Waals surface area (Å²) in [5, 5.41) is 7.85. The van der Waals surface area contributed by atoms with Gasteiger partial charge in [0.1, 0.15) is 5.69 Å². The van der Waals surface area contributed by atoms with Gasteiger partial charge < -0.3 is 14.7 Å². The van der Waals surface area contributed by atoms with Crippen LogP contribution in [-0.4, -0.2) is 41.6 Å². The maximum Gasteiger partial charge on any atom is 0.292 e. The van der Waals surface area contributed by atoms with Crippen molar-refractivity contribution < 1.29 is 9.32 Å². The third-order valence-corrected chi connectivity index (χ3v) is 3.84. The van der Waals surface area contributed by atoms with Crippen LogP contribution in [0.4, 0.5) is 0 Å². The number of aromatic nitrogens is 1. The SMILES string of the molecule is C[C@H]1CNCCN1C(=O)c1cc(-c2cccc(Cl)c2)no1. The van der Waals surface area contributed by atoms with E-state index >= 15 is 0 Å². The summed E-state index contributed by atoms with van der Waals surface area (Å²) in [5.41, 5.74) is 1.45. The Morgan fingerprint density at radius 1 is 1.48 bits per heavy atom. The van der Waals surface area contributed by atoms with Gasteiger partial charge in [-0.25, -0.2) is 0 Å². The van der Waals surface area contributed by atoms with Gasteiger partial charge in [-0.2, -0.15) is 0 Å². The quantitative estimate of drug-likeness (QED) is 0.926. The zero-order valence-corrected chi connectivity index (χ0v) is 12.4. The monoisotopic (exact) mass is 305 g/mol. The topological polar surface area (TPSA) is 58.4 Å². The van der Waals surface area contributed by atoms with Crippen LogP contribution in [0, 0.1) is 0 Å². The second-order valence-corrected chi connectivity index (χ2v) is 5.57. The lowest BCUT2D eigenvalue weighted by Crippen LogP contribution is -2.52. The highest BCUT2D eigenvalue weighted by Crippen LogP contribution is 2.23. The van der Waals surface area contributed by atoms with Gasteiger partial charge in [-0.05, 0) is 19.1 Å². The van der Waals surface area contributed by atoms with Crippen molar-refractivity contribution in [3.63, 3.8) is 0 Å². The maximum absolute atomic E-state index is 12.5. The Labute approximate surface area is 127 Å². The van der Waals surface area contributed by atoms with Gasteiger partial charge in [0.05, 0.1) is 0 Å². The molecule has 3 rings (SSSR count). The lowest BCUT2D eigenvalue weighted by molar-refractivity contribution is 0.0613. The average Bonchev–Trinajstić information content (AvgIpc) is 2.97. The highest BCUT2D eigenvalue weighted by atomic mass is 35.5. The smallest absolute Gasteiger partial charge is 0.292 e. The van der Waals surface area contributed by atoms with E-state index in [4.69, 9.17) is 16.1 Å². The Bertz CT molecular complexity index is 656. The fourth-order valence-corrected chi connectivity index (χ4v) is 2.63. The summed E-state index contributed by atoms with van der Waals surface area (Å²) in [6, 6.07) is 9.12. The van der Waals surface area contributed by atoms with Crippen molar-refractivity contribution in [1.82, 2.24) is 15.4 Å². The number of nitrogens with one attached hydrogen (secondary N) is 1. The molecule has 0 aliphatic carbocycles. The number of amides is 1. The van der Waals surface area contributed by atoms with E-state index in [1.54, 1.807) is 23.1 Å². The number of benzene rings is 1. The van der Waals surface area contributed by atoms with Gasteiger partial charge in [-0.1, -0.05) is 28.9 Å². The molecular formula is C15H16ClN3O2. The number of halogens is 1. The van der Waals surface area contributed by atoms with E-state index in [0.717, 1.165) is 18.7 Å². The number of carbonyl (C=O) groups excluding carboxylic acids is 1. The summed E-state index contributed by atoms with van der Waals surface area (Å²) in [5.74, 6) is 0.142. The first-order chi connectivity index (χ1) is 10.1. The van der Waals surface area contributed by atoms with E-state index in [2.05, 4.69) is 10.5 Å². The van der Waals surface area contributed by atoms with Crippen LogP contribution >= 0.6 is 11.6 Å². The van der Waals surface area contributed by atoms with Crippen molar-refractivity contribution in [3.8, 4) is 11.3 Å². The molecule has 0 saturated carbocycles. The second-order valence-electron chi connectivity index (χ2n) is 5.14. The largest absolute Gasteiger partial charge is 0.350 e. The number of piperazine rings is 1. The molecule has 2 heterocycles. The molecule has 1 saturated heterocycles. The van der Waals surface area contributed by atoms with Crippen LogP contribution in [0.15, 0.2) is 34.9 Å². The minimum absolute atomic E-state index is 0.121. The summed E-state index contributed by atoms with van der Waals surface area (Å²) >= 11 is 5.96. The number of carbonyl (C=O) groups is 1. The molecule has 0 radical (unpaired) electrons. The van der Waals surface area contributed by atoms with Crippen LogP contribution in [0.5, 0.6) is 0 Å². The van der Waals surface area contributed by atoms with Gasteiger partial charge >= 0.3 is 0 Å². The molecule has 1 atom stereocenters. The number of hydrogen-bond donors (Lipinski definition) is 1. The molecule has 1 aliphatic heterocycles. The molecule has 0 bridgehead atoms. The molecular weight excluding hydrogens is 290 g/mol. The molecule has 6 heteroatoms. The molecule has 1 fully saturated rings. The van der Waals surface area contributed by atoms with E-state index in [0.29, 0.717) is 17.3 Å². The Balaban J connectivity index is 1.83. The molecule has 2 aromatic rings. The van der Waals surface area contributed by atoms with E-state index < -0.39 is 0 Å². The van der Waals surface area contributed by atoms with E-state index in [9.17, 15) is 4.79 Å². The predicted octanol–water partition coefficient (Wildman–Crippen LogP) is 2.43.